The van der Waals surface area contributed by atoms with Crippen molar-refractivity contribution in [3.8, 4) is 22.3 Å². The van der Waals surface area contributed by atoms with Gasteiger partial charge in [-0.2, -0.15) is 0 Å². The Hall–Kier alpha value is -5.14. The zero-order chi connectivity index (χ0) is 32.1. The molecule has 0 radical (unpaired) electrons. The highest BCUT2D eigenvalue weighted by Gasteiger charge is 2.61. The number of hydrogen-bond donors (Lipinski definition) is 0. The highest BCUT2D eigenvalue weighted by atomic mass is 15.1. The van der Waals surface area contributed by atoms with Crippen molar-refractivity contribution < 1.29 is 0 Å². The SMILES string of the molecule is c1ccc(-c2ccccc2N(c2cccc3c2-c2ccccc2C32C3CC4CC(C3)CC2C4)c2cccc3c2ccc2ccccc23)cc1. The Morgan fingerprint density at radius 1 is 0.408 bits per heavy atom. The molecule has 4 fully saturated rings. The molecular formula is C48H39N. The van der Waals surface area contributed by atoms with Crippen LogP contribution in [0.4, 0.5) is 17.1 Å². The topological polar surface area (TPSA) is 3.24 Å². The molecule has 4 bridgehead atoms. The molecule has 5 aliphatic rings. The molecule has 49 heavy (non-hydrogen) atoms. The molecular weight excluding hydrogens is 591 g/mol. The molecule has 0 saturated heterocycles. The maximum Gasteiger partial charge on any atom is 0.0543 e. The van der Waals surface area contributed by atoms with Gasteiger partial charge in [0.2, 0.25) is 0 Å². The van der Waals surface area contributed by atoms with E-state index in [0.717, 1.165) is 23.7 Å². The van der Waals surface area contributed by atoms with Crippen molar-refractivity contribution in [3.05, 3.63) is 163 Å². The molecule has 1 nitrogen and oxygen atoms in total. The molecule has 1 spiro atoms. The van der Waals surface area contributed by atoms with Crippen LogP contribution in [0.3, 0.4) is 0 Å². The minimum Gasteiger partial charge on any atom is -0.309 e. The standard InChI is InChI=1S/C48H39N/c1-2-12-33(13-3-1)38-16-7-9-21-44(38)49(45-22-10-18-39-37-15-5-4-14-34(37)24-25-40(39)45)46-23-11-20-43-47(46)41-17-6-8-19-42(41)48(43)35-27-31-26-32(29-35)30-36(48)28-31/h1-25,31-32,35-36H,26-30H2. The minimum atomic E-state index is 0.120. The summed E-state index contributed by atoms with van der Waals surface area (Å²) in [6.07, 6.45) is 7.03. The fourth-order valence-corrected chi connectivity index (χ4v) is 11.5. The summed E-state index contributed by atoms with van der Waals surface area (Å²) in [5.74, 6) is 3.31. The average molecular weight is 630 g/mol. The predicted molar refractivity (Wildman–Crippen MR) is 205 cm³/mol. The van der Waals surface area contributed by atoms with Gasteiger partial charge in [-0.05, 0) is 112 Å². The van der Waals surface area contributed by atoms with Gasteiger partial charge in [-0.3, -0.25) is 0 Å². The molecule has 5 aliphatic carbocycles. The van der Waals surface area contributed by atoms with Gasteiger partial charge in [0.1, 0.15) is 0 Å². The first-order valence-corrected chi connectivity index (χ1v) is 18.4. The van der Waals surface area contributed by atoms with Gasteiger partial charge < -0.3 is 4.90 Å². The van der Waals surface area contributed by atoms with Crippen molar-refractivity contribution >= 4 is 38.6 Å². The van der Waals surface area contributed by atoms with Crippen LogP contribution < -0.4 is 4.90 Å². The Balaban J connectivity index is 1.23. The molecule has 0 N–H and O–H groups in total. The van der Waals surface area contributed by atoms with Gasteiger partial charge in [-0.15, -0.1) is 0 Å². The smallest absolute Gasteiger partial charge is 0.0543 e. The third-order valence-electron chi connectivity index (χ3n) is 13.0. The summed E-state index contributed by atoms with van der Waals surface area (Å²) < 4.78 is 0. The first kappa shape index (κ1) is 27.8. The van der Waals surface area contributed by atoms with Crippen molar-refractivity contribution in [2.45, 2.75) is 37.5 Å². The predicted octanol–water partition coefficient (Wildman–Crippen LogP) is 12.9. The quantitative estimate of drug-likeness (QED) is 0.175. The maximum absolute atomic E-state index is 2.62. The van der Waals surface area contributed by atoms with Gasteiger partial charge >= 0.3 is 0 Å². The van der Waals surface area contributed by atoms with E-state index in [1.54, 1.807) is 11.1 Å². The molecule has 7 aromatic rings. The summed E-state index contributed by atoms with van der Waals surface area (Å²) in [5.41, 5.74) is 12.4. The molecule has 7 aromatic carbocycles. The lowest BCUT2D eigenvalue weighted by Gasteiger charge is -2.61. The summed E-state index contributed by atoms with van der Waals surface area (Å²) in [4.78, 5) is 2.62. The third kappa shape index (κ3) is 3.82. The van der Waals surface area contributed by atoms with Gasteiger partial charge in [0.25, 0.3) is 0 Å². The van der Waals surface area contributed by atoms with E-state index in [2.05, 4.69) is 157 Å². The number of rotatable bonds is 4. The molecule has 12 rings (SSSR count). The lowest BCUT2D eigenvalue weighted by molar-refractivity contribution is -0.0399. The van der Waals surface area contributed by atoms with Crippen LogP contribution in [0.2, 0.25) is 0 Å². The third-order valence-corrected chi connectivity index (χ3v) is 13.0. The van der Waals surface area contributed by atoms with Gasteiger partial charge in [-0.25, -0.2) is 0 Å². The van der Waals surface area contributed by atoms with Gasteiger partial charge in [0.05, 0.1) is 17.1 Å². The Bertz CT molecular complexity index is 2390. The second-order valence-electron chi connectivity index (χ2n) is 15.3. The highest BCUT2D eigenvalue weighted by molar-refractivity contribution is 6.14. The average Bonchev–Trinajstić information content (AvgIpc) is 3.46. The number of benzene rings is 7. The van der Waals surface area contributed by atoms with Crippen molar-refractivity contribution in [2.24, 2.45) is 23.7 Å². The van der Waals surface area contributed by atoms with E-state index in [-0.39, 0.29) is 5.41 Å². The van der Waals surface area contributed by atoms with Crippen molar-refractivity contribution in [2.75, 3.05) is 4.90 Å². The van der Waals surface area contributed by atoms with Gasteiger partial charge in [-0.1, -0.05) is 133 Å². The molecule has 1 heteroatoms. The molecule has 0 atom stereocenters. The maximum atomic E-state index is 2.62. The fourth-order valence-electron chi connectivity index (χ4n) is 11.5. The molecule has 0 amide bonds. The Morgan fingerprint density at radius 2 is 1.02 bits per heavy atom. The van der Waals surface area contributed by atoms with Crippen LogP contribution in [0.1, 0.15) is 43.2 Å². The van der Waals surface area contributed by atoms with Crippen molar-refractivity contribution in [3.63, 3.8) is 0 Å². The largest absolute Gasteiger partial charge is 0.309 e. The number of para-hydroxylation sites is 1. The lowest BCUT2D eigenvalue weighted by atomic mass is 9.43. The molecule has 4 saturated carbocycles. The van der Waals surface area contributed by atoms with E-state index in [9.17, 15) is 0 Å². The Morgan fingerprint density at radius 3 is 1.86 bits per heavy atom. The summed E-state index contributed by atoms with van der Waals surface area (Å²) in [7, 11) is 0. The van der Waals surface area contributed by atoms with Crippen molar-refractivity contribution in [1.29, 1.82) is 0 Å². The highest BCUT2D eigenvalue weighted by Crippen LogP contribution is 2.70. The molecule has 236 valence electrons. The number of hydrogen-bond acceptors (Lipinski definition) is 1. The first-order chi connectivity index (χ1) is 24.3. The van der Waals surface area contributed by atoms with Gasteiger partial charge in [0, 0.05) is 21.9 Å². The van der Waals surface area contributed by atoms with E-state index in [1.165, 1.54) is 93.0 Å². The Kier molecular flexibility index (Phi) is 5.91. The number of nitrogens with zero attached hydrogens (tertiary/aromatic N) is 1. The second kappa shape index (κ2) is 10.4. The fraction of sp³-hybridized carbons (Fsp3) is 0.208. The second-order valence-corrected chi connectivity index (χ2v) is 15.3. The van der Waals surface area contributed by atoms with E-state index in [4.69, 9.17) is 0 Å². The zero-order valence-corrected chi connectivity index (χ0v) is 27.7. The lowest BCUT2D eigenvalue weighted by Crippen LogP contribution is -2.55. The van der Waals surface area contributed by atoms with Crippen molar-refractivity contribution in [1.82, 2.24) is 0 Å². The summed E-state index contributed by atoms with van der Waals surface area (Å²) in [5, 5.41) is 5.15. The minimum absolute atomic E-state index is 0.120. The van der Waals surface area contributed by atoms with Crippen LogP contribution >= 0.6 is 0 Å². The molecule has 0 unspecified atom stereocenters. The van der Waals surface area contributed by atoms with Crippen LogP contribution in [-0.4, -0.2) is 0 Å². The summed E-state index contributed by atoms with van der Waals surface area (Å²) in [6, 6.07) is 57.2. The van der Waals surface area contributed by atoms with Crippen LogP contribution in [-0.2, 0) is 5.41 Å². The zero-order valence-electron chi connectivity index (χ0n) is 27.7. The van der Waals surface area contributed by atoms with Crippen LogP contribution in [0.25, 0.3) is 43.8 Å². The van der Waals surface area contributed by atoms with Crippen LogP contribution in [0.5, 0.6) is 0 Å². The Labute approximate surface area is 288 Å². The van der Waals surface area contributed by atoms with E-state index < -0.39 is 0 Å². The number of fused-ring (bicyclic) bond motifs is 6. The van der Waals surface area contributed by atoms with E-state index in [1.807, 2.05) is 0 Å². The van der Waals surface area contributed by atoms with Crippen LogP contribution in [0.15, 0.2) is 152 Å². The monoisotopic (exact) mass is 629 g/mol. The van der Waals surface area contributed by atoms with E-state index >= 15 is 0 Å². The van der Waals surface area contributed by atoms with Crippen LogP contribution in [0, 0.1) is 23.7 Å². The summed E-state index contributed by atoms with van der Waals surface area (Å²) >= 11 is 0. The molecule has 0 aromatic heterocycles. The number of anilines is 3. The first-order valence-electron chi connectivity index (χ1n) is 18.4. The van der Waals surface area contributed by atoms with E-state index in [0.29, 0.717) is 0 Å². The van der Waals surface area contributed by atoms with Gasteiger partial charge in [0.15, 0.2) is 0 Å². The summed E-state index contributed by atoms with van der Waals surface area (Å²) in [6.45, 7) is 0. The normalized spacial score (nSPS) is 24.4. The molecule has 0 aliphatic heterocycles. The molecule has 0 heterocycles.